The molecule has 1 atom stereocenters. The van der Waals surface area contributed by atoms with Gasteiger partial charge in [0.2, 0.25) is 0 Å². The summed E-state index contributed by atoms with van der Waals surface area (Å²) in [6, 6.07) is 4.51. The van der Waals surface area contributed by atoms with Gasteiger partial charge in [-0.1, -0.05) is 6.42 Å². The van der Waals surface area contributed by atoms with E-state index >= 15 is 0 Å². The van der Waals surface area contributed by atoms with Crippen molar-refractivity contribution in [1.82, 2.24) is 0 Å². The summed E-state index contributed by atoms with van der Waals surface area (Å²) < 4.78 is 1.19. The first-order valence-corrected chi connectivity index (χ1v) is 5.89. The lowest BCUT2D eigenvalue weighted by molar-refractivity contribution is 0.267. The Morgan fingerprint density at radius 3 is 2.54 bits per heavy atom. The quantitative estimate of drug-likeness (QED) is 0.879. The molecule has 1 aromatic heterocycles. The molecule has 1 saturated carbocycles. The number of thiophene rings is 1. The molecule has 1 fully saturated rings. The van der Waals surface area contributed by atoms with Crippen molar-refractivity contribution >= 4 is 39.7 Å². The summed E-state index contributed by atoms with van der Waals surface area (Å²) in [5.41, 5.74) is 6.10. The summed E-state index contributed by atoms with van der Waals surface area (Å²) in [6.45, 7) is 0. The summed E-state index contributed by atoms with van der Waals surface area (Å²) in [5.74, 6) is 0.746. The maximum atomic E-state index is 6.10. The number of hydrogen-bond acceptors (Lipinski definition) is 2. The van der Waals surface area contributed by atoms with E-state index in [1.54, 1.807) is 11.3 Å². The van der Waals surface area contributed by atoms with Crippen molar-refractivity contribution in [3.8, 4) is 0 Å². The molecule has 1 heterocycles. The summed E-state index contributed by atoms with van der Waals surface area (Å²) in [4.78, 5) is 1.33. The van der Waals surface area contributed by atoms with E-state index in [0.29, 0.717) is 0 Å². The van der Waals surface area contributed by atoms with Crippen molar-refractivity contribution in [2.45, 2.75) is 25.3 Å². The monoisotopic (exact) mass is 281 g/mol. The van der Waals surface area contributed by atoms with E-state index in [4.69, 9.17) is 5.73 Å². The lowest BCUT2D eigenvalue weighted by Crippen LogP contribution is -2.25. The highest BCUT2D eigenvalue weighted by Gasteiger charge is 2.26. The molecule has 13 heavy (non-hydrogen) atoms. The second-order valence-electron chi connectivity index (χ2n) is 3.36. The molecular formula is C9H13BrClNS. The van der Waals surface area contributed by atoms with Crippen LogP contribution in [0.4, 0.5) is 0 Å². The van der Waals surface area contributed by atoms with Crippen molar-refractivity contribution in [3.63, 3.8) is 0 Å². The third kappa shape index (κ3) is 2.46. The molecule has 1 aromatic rings. The molecule has 1 aliphatic rings. The summed E-state index contributed by atoms with van der Waals surface area (Å²) >= 11 is 5.22. The summed E-state index contributed by atoms with van der Waals surface area (Å²) in [7, 11) is 0. The third-order valence-corrected chi connectivity index (χ3v) is 4.31. The maximum Gasteiger partial charge on any atom is 0.0701 e. The zero-order valence-electron chi connectivity index (χ0n) is 7.20. The van der Waals surface area contributed by atoms with Crippen LogP contribution in [0.25, 0.3) is 0 Å². The van der Waals surface area contributed by atoms with Crippen LogP contribution in [0.5, 0.6) is 0 Å². The molecule has 74 valence electrons. The summed E-state index contributed by atoms with van der Waals surface area (Å²) in [6.07, 6.45) is 4.00. The molecule has 0 amide bonds. The van der Waals surface area contributed by atoms with Crippen LogP contribution < -0.4 is 5.73 Å². The Labute approximate surface area is 97.3 Å². The van der Waals surface area contributed by atoms with Crippen molar-refractivity contribution in [2.75, 3.05) is 0 Å². The fourth-order valence-electron chi connectivity index (χ4n) is 1.54. The Hall–Kier alpha value is 0.430. The molecule has 2 N–H and O–H groups in total. The fourth-order valence-corrected chi connectivity index (χ4v) is 3.06. The minimum absolute atomic E-state index is 0. The van der Waals surface area contributed by atoms with E-state index in [-0.39, 0.29) is 18.4 Å². The summed E-state index contributed by atoms with van der Waals surface area (Å²) in [5, 5.41) is 0. The molecule has 0 unspecified atom stereocenters. The average Bonchev–Trinajstić information content (AvgIpc) is 2.31. The van der Waals surface area contributed by atoms with E-state index in [0.717, 1.165) is 5.92 Å². The molecule has 0 saturated heterocycles. The standard InChI is InChI=1S/C9H12BrNS.ClH/c10-8-5-4-7(12-8)9(11)6-2-1-3-6;/h4-6,9H,1-3,11H2;1H/t9-;/m0./s1. The highest BCUT2D eigenvalue weighted by Crippen LogP contribution is 2.39. The van der Waals surface area contributed by atoms with Gasteiger partial charge in [0.05, 0.1) is 3.79 Å². The van der Waals surface area contributed by atoms with Crippen LogP contribution in [0.15, 0.2) is 15.9 Å². The van der Waals surface area contributed by atoms with Crippen LogP contribution in [0.2, 0.25) is 0 Å². The molecule has 2 rings (SSSR count). The Balaban J connectivity index is 0.000000845. The topological polar surface area (TPSA) is 26.0 Å². The van der Waals surface area contributed by atoms with Gasteiger partial charge in [-0.15, -0.1) is 23.7 Å². The number of nitrogens with two attached hydrogens (primary N) is 1. The van der Waals surface area contributed by atoms with Gasteiger partial charge >= 0.3 is 0 Å². The lowest BCUT2D eigenvalue weighted by atomic mass is 9.79. The highest BCUT2D eigenvalue weighted by molar-refractivity contribution is 9.11. The van der Waals surface area contributed by atoms with Crippen molar-refractivity contribution in [3.05, 3.63) is 20.8 Å². The second kappa shape index (κ2) is 4.78. The van der Waals surface area contributed by atoms with Gasteiger partial charge in [-0.3, -0.25) is 0 Å². The smallest absolute Gasteiger partial charge is 0.0701 e. The second-order valence-corrected chi connectivity index (χ2v) is 5.85. The average molecular weight is 283 g/mol. The van der Waals surface area contributed by atoms with E-state index in [1.807, 2.05) is 0 Å². The predicted octanol–water partition coefficient (Wildman–Crippen LogP) is 3.73. The Kier molecular flexibility index (Phi) is 4.23. The molecule has 0 radical (unpaired) electrons. The number of hydrogen-bond donors (Lipinski definition) is 1. The van der Waals surface area contributed by atoms with Crippen LogP contribution in [0.1, 0.15) is 30.2 Å². The van der Waals surface area contributed by atoms with Gasteiger partial charge in [-0.25, -0.2) is 0 Å². The zero-order valence-corrected chi connectivity index (χ0v) is 10.4. The number of halogens is 2. The lowest BCUT2D eigenvalue weighted by Gasteiger charge is -2.30. The van der Waals surface area contributed by atoms with Gasteiger partial charge in [0, 0.05) is 10.9 Å². The molecule has 0 spiro atoms. The van der Waals surface area contributed by atoms with Gasteiger partial charge in [-0.2, -0.15) is 0 Å². The Bertz CT molecular complexity index is 272. The Morgan fingerprint density at radius 2 is 2.15 bits per heavy atom. The molecule has 0 aromatic carbocycles. The Morgan fingerprint density at radius 1 is 1.46 bits per heavy atom. The fraction of sp³-hybridized carbons (Fsp3) is 0.556. The normalized spacial score (nSPS) is 18.9. The minimum atomic E-state index is 0. The van der Waals surface area contributed by atoms with Gasteiger partial charge in [-0.05, 0) is 46.8 Å². The molecule has 0 aliphatic heterocycles. The van der Waals surface area contributed by atoms with Crippen LogP contribution in [-0.2, 0) is 0 Å². The third-order valence-electron chi connectivity index (χ3n) is 2.58. The van der Waals surface area contributed by atoms with Crippen LogP contribution in [-0.4, -0.2) is 0 Å². The zero-order chi connectivity index (χ0) is 8.55. The van der Waals surface area contributed by atoms with Crippen LogP contribution in [0.3, 0.4) is 0 Å². The minimum Gasteiger partial charge on any atom is -0.323 e. The van der Waals surface area contributed by atoms with E-state index in [1.165, 1.54) is 27.9 Å². The van der Waals surface area contributed by atoms with Gasteiger partial charge in [0.25, 0.3) is 0 Å². The van der Waals surface area contributed by atoms with Crippen LogP contribution in [0, 0.1) is 5.92 Å². The van der Waals surface area contributed by atoms with E-state index in [9.17, 15) is 0 Å². The molecule has 0 bridgehead atoms. The van der Waals surface area contributed by atoms with E-state index < -0.39 is 0 Å². The largest absolute Gasteiger partial charge is 0.323 e. The van der Waals surface area contributed by atoms with Crippen molar-refractivity contribution in [2.24, 2.45) is 11.7 Å². The first-order chi connectivity index (χ1) is 5.77. The SMILES string of the molecule is Cl.N[C@H](c1ccc(Br)s1)C1CCC1. The van der Waals surface area contributed by atoms with Gasteiger partial charge < -0.3 is 5.73 Å². The van der Waals surface area contributed by atoms with Crippen molar-refractivity contribution in [1.29, 1.82) is 0 Å². The van der Waals surface area contributed by atoms with Gasteiger partial charge in [0.1, 0.15) is 0 Å². The highest BCUT2D eigenvalue weighted by atomic mass is 79.9. The molecule has 1 nitrogen and oxygen atoms in total. The molecule has 4 heteroatoms. The van der Waals surface area contributed by atoms with Crippen LogP contribution >= 0.6 is 39.7 Å². The molecule has 1 aliphatic carbocycles. The van der Waals surface area contributed by atoms with Gasteiger partial charge in [0.15, 0.2) is 0 Å². The van der Waals surface area contributed by atoms with Crippen molar-refractivity contribution < 1.29 is 0 Å². The first kappa shape index (κ1) is 11.5. The first-order valence-electron chi connectivity index (χ1n) is 4.28. The molecular weight excluding hydrogens is 270 g/mol. The predicted molar refractivity (Wildman–Crippen MR) is 63.5 cm³/mol. The maximum absolute atomic E-state index is 6.10. The van der Waals surface area contributed by atoms with E-state index in [2.05, 4.69) is 28.1 Å². The number of rotatable bonds is 2.